The fourth-order valence-electron chi connectivity index (χ4n) is 6.43. The number of carbonyl (C=O) groups is 2. The predicted octanol–water partition coefficient (Wildman–Crippen LogP) is 4.46. The van der Waals surface area contributed by atoms with Gasteiger partial charge < -0.3 is 14.2 Å². The number of benzene rings is 2. The Kier molecular flexibility index (Phi) is 3.80. The van der Waals surface area contributed by atoms with Crippen LogP contribution in [0.25, 0.3) is 10.8 Å². The molecular weight excluding hydrogens is 368 g/mol. The molecule has 2 aromatic carbocycles. The molecule has 29 heavy (non-hydrogen) atoms. The third kappa shape index (κ3) is 2.39. The zero-order valence-electron chi connectivity index (χ0n) is 17.3. The summed E-state index contributed by atoms with van der Waals surface area (Å²) in [6, 6.07) is 10.4. The van der Waals surface area contributed by atoms with Crippen molar-refractivity contribution in [3.05, 3.63) is 41.5 Å². The van der Waals surface area contributed by atoms with E-state index in [-0.39, 0.29) is 35.0 Å². The second-order valence-corrected chi connectivity index (χ2v) is 9.04. The summed E-state index contributed by atoms with van der Waals surface area (Å²) >= 11 is 0. The summed E-state index contributed by atoms with van der Waals surface area (Å²) < 4.78 is 17.0. The van der Waals surface area contributed by atoms with E-state index < -0.39 is 0 Å². The van der Waals surface area contributed by atoms with E-state index in [0.717, 1.165) is 34.9 Å². The number of rotatable bonds is 3. The number of ether oxygens (including phenoxy) is 3. The Bertz CT molecular complexity index is 1040. The van der Waals surface area contributed by atoms with Crippen LogP contribution < -0.4 is 4.74 Å². The zero-order valence-corrected chi connectivity index (χ0v) is 17.3. The Morgan fingerprint density at radius 1 is 1.03 bits per heavy atom. The lowest BCUT2D eigenvalue weighted by Crippen LogP contribution is -2.46. The van der Waals surface area contributed by atoms with Crippen LogP contribution in [0.3, 0.4) is 0 Å². The molecule has 0 N–H and O–H groups in total. The third-order valence-corrected chi connectivity index (χ3v) is 7.63. The summed E-state index contributed by atoms with van der Waals surface area (Å²) in [5, 5.41) is 2.18. The highest BCUT2D eigenvalue weighted by atomic mass is 16.6. The summed E-state index contributed by atoms with van der Waals surface area (Å²) in [7, 11) is 1.66. The predicted molar refractivity (Wildman–Crippen MR) is 108 cm³/mol. The van der Waals surface area contributed by atoms with Gasteiger partial charge in [-0.05, 0) is 53.6 Å². The van der Waals surface area contributed by atoms with Gasteiger partial charge in [-0.1, -0.05) is 25.1 Å². The van der Waals surface area contributed by atoms with Gasteiger partial charge in [0.15, 0.2) is 0 Å². The van der Waals surface area contributed by atoms with Crippen molar-refractivity contribution >= 4 is 22.7 Å². The Labute approximate surface area is 170 Å². The van der Waals surface area contributed by atoms with Crippen LogP contribution in [0.15, 0.2) is 30.3 Å². The van der Waals surface area contributed by atoms with Crippen LogP contribution in [0.1, 0.15) is 57.3 Å². The number of esters is 2. The van der Waals surface area contributed by atoms with E-state index in [1.165, 1.54) is 19.4 Å². The molecule has 2 fully saturated rings. The lowest BCUT2D eigenvalue weighted by molar-refractivity contribution is -0.160. The molecule has 3 aliphatic carbocycles. The fraction of sp³-hybridized carbons (Fsp3) is 0.500. The summed E-state index contributed by atoms with van der Waals surface area (Å²) in [4.78, 5) is 23.7. The van der Waals surface area contributed by atoms with Crippen molar-refractivity contribution in [2.45, 2.75) is 57.7 Å². The van der Waals surface area contributed by atoms with Crippen molar-refractivity contribution in [1.82, 2.24) is 0 Å². The van der Waals surface area contributed by atoms with Gasteiger partial charge in [-0.3, -0.25) is 9.59 Å². The van der Waals surface area contributed by atoms with E-state index in [1.54, 1.807) is 7.11 Å². The molecule has 0 heterocycles. The lowest BCUT2D eigenvalue weighted by Gasteiger charge is -2.47. The molecule has 5 heteroatoms. The normalized spacial score (nSPS) is 34.0. The minimum atomic E-state index is -0.354. The van der Waals surface area contributed by atoms with Crippen molar-refractivity contribution in [3.63, 3.8) is 0 Å². The van der Waals surface area contributed by atoms with Gasteiger partial charge in [-0.15, -0.1) is 0 Å². The number of methoxy groups -OCH3 is 1. The maximum Gasteiger partial charge on any atom is 0.303 e. The zero-order chi connectivity index (χ0) is 20.6. The average molecular weight is 394 g/mol. The molecule has 4 unspecified atom stereocenters. The summed E-state index contributed by atoms with van der Waals surface area (Å²) in [6.45, 7) is 5.14. The molecule has 2 aromatic rings. The number of hydrogen-bond donors (Lipinski definition) is 0. The maximum absolute atomic E-state index is 12.0. The lowest BCUT2D eigenvalue weighted by atomic mass is 9.60. The molecule has 0 bridgehead atoms. The first kappa shape index (κ1) is 18.5. The molecular formula is C24H26O5. The van der Waals surface area contributed by atoms with Gasteiger partial charge in [0.05, 0.1) is 7.11 Å². The van der Waals surface area contributed by atoms with E-state index in [1.807, 2.05) is 12.1 Å². The molecule has 0 aliphatic heterocycles. The van der Waals surface area contributed by atoms with Gasteiger partial charge in [0.25, 0.3) is 0 Å². The van der Waals surface area contributed by atoms with Gasteiger partial charge in [0.2, 0.25) is 0 Å². The minimum absolute atomic E-state index is 0.00673. The largest absolute Gasteiger partial charge is 0.497 e. The number of fused-ring (bicyclic) bond motifs is 3. The summed E-state index contributed by atoms with van der Waals surface area (Å²) in [5.74, 6) is 0.776. The van der Waals surface area contributed by atoms with Crippen molar-refractivity contribution in [2.24, 2.45) is 11.3 Å². The van der Waals surface area contributed by atoms with Gasteiger partial charge in [-0.2, -0.15) is 0 Å². The quantitative estimate of drug-likeness (QED) is 0.720. The first-order valence-corrected chi connectivity index (χ1v) is 10.3. The molecule has 0 amide bonds. The summed E-state index contributed by atoms with van der Waals surface area (Å²) in [5.41, 5.74) is 2.13. The highest BCUT2D eigenvalue weighted by molar-refractivity contribution is 5.90. The Morgan fingerprint density at radius 2 is 1.79 bits per heavy atom. The Morgan fingerprint density at radius 3 is 2.48 bits per heavy atom. The molecule has 0 radical (unpaired) electrons. The van der Waals surface area contributed by atoms with Crippen LogP contribution >= 0.6 is 0 Å². The first-order chi connectivity index (χ1) is 13.8. The molecule has 3 aliphatic rings. The van der Waals surface area contributed by atoms with E-state index in [9.17, 15) is 9.59 Å². The molecule has 0 saturated heterocycles. The first-order valence-electron chi connectivity index (χ1n) is 10.3. The molecule has 5 atom stereocenters. The van der Waals surface area contributed by atoms with Crippen LogP contribution in [0.4, 0.5) is 0 Å². The van der Waals surface area contributed by atoms with Crippen molar-refractivity contribution in [2.75, 3.05) is 7.11 Å². The highest BCUT2D eigenvalue weighted by Crippen LogP contribution is 2.78. The number of hydrogen-bond acceptors (Lipinski definition) is 5. The second-order valence-electron chi connectivity index (χ2n) is 9.04. The minimum Gasteiger partial charge on any atom is -0.497 e. The monoisotopic (exact) mass is 394 g/mol. The SMILES string of the molecule is COc1ccc2c3c(ccc2c1)C12CC1CC(OC(C)=O)[C@@]2(C)CC3OC(C)=O. The average Bonchev–Trinajstić information content (AvgIpc) is 3.33. The van der Waals surface area contributed by atoms with E-state index >= 15 is 0 Å². The van der Waals surface area contributed by atoms with Gasteiger partial charge in [-0.25, -0.2) is 0 Å². The van der Waals surface area contributed by atoms with Crippen LogP contribution in [0.5, 0.6) is 5.75 Å². The van der Waals surface area contributed by atoms with Crippen LogP contribution in [0, 0.1) is 11.3 Å². The second kappa shape index (κ2) is 5.97. The number of carbonyl (C=O) groups excluding carboxylic acids is 2. The van der Waals surface area contributed by atoms with E-state index in [2.05, 4.69) is 25.1 Å². The van der Waals surface area contributed by atoms with Crippen LogP contribution in [0.2, 0.25) is 0 Å². The van der Waals surface area contributed by atoms with E-state index in [0.29, 0.717) is 12.3 Å². The van der Waals surface area contributed by atoms with Crippen LogP contribution in [-0.4, -0.2) is 25.2 Å². The molecule has 0 aromatic heterocycles. The molecule has 5 rings (SSSR count). The van der Waals surface area contributed by atoms with Crippen molar-refractivity contribution < 1.29 is 23.8 Å². The molecule has 1 spiro atoms. The highest BCUT2D eigenvalue weighted by Gasteiger charge is 2.76. The maximum atomic E-state index is 12.0. The van der Waals surface area contributed by atoms with Gasteiger partial charge in [0, 0.05) is 30.2 Å². The summed E-state index contributed by atoms with van der Waals surface area (Å²) in [6.07, 6.45) is 2.15. The molecule has 2 saturated carbocycles. The standard InChI is InChI=1S/C24H26O5/c1-13(25)28-20-12-23(3)21(29-14(2)26)10-16-11-24(16,23)19-8-5-15-9-17(27-4)6-7-18(15)22(19)20/h5-9,16,20-21H,10-12H2,1-4H3/t16?,20?,21?,23-,24?/m1/s1. The molecule has 152 valence electrons. The van der Waals surface area contributed by atoms with E-state index in [4.69, 9.17) is 14.2 Å². The van der Waals surface area contributed by atoms with Gasteiger partial charge in [0.1, 0.15) is 18.0 Å². The van der Waals surface area contributed by atoms with Crippen molar-refractivity contribution in [3.8, 4) is 5.75 Å². The van der Waals surface area contributed by atoms with Gasteiger partial charge >= 0.3 is 11.9 Å². The fourth-order valence-corrected chi connectivity index (χ4v) is 6.43. The molecule has 5 nitrogen and oxygen atoms in total. The topological polar surface area (TPSA) is 61.8 Å². The smallest absolute Gasteiger partial charge is 0.303 e. The third-order valence-electron chi connectivity index (χ3n) is 7.63. The van der Waals surface area contributed by atoms with Crippen molar-refractivity contribution in [1.29, 1.82) is 0 Å². The Balaban J connectivity index is 1.71. The Hall–Kier alpha value is -2.56. The van der Waals surface area contributed by atoms with Crippen LogP contribution in [-0.2, 0) is 24.5 Å².